The lowest BCUT2D eigenvalue weighted by Crippen LogP contribution is -2.35. The molecule has 1 atom stereocenters. The molecule has 10 heteroatoms. The van der Waals surface area contributed by atoms with Crippen LogP contribution in [0.3, 0.4) is 0 Å². The van der Waals surface area contributed by atoms with E-state index in [4.69, 9.17) is 5.73 Å². The highest BCUT2D eigenvalue weighted by atomic mass is 19.3. The maximum atomic E-state index is 12.4. The van der Waals surface area contributed by atoms with Crippen LogP contribution in [0.25, 0.3) is 16.9 Å². The second kappa shape index (κ2) is 9.84. The average Bonchev–Trinajstić information content (AvgIpc) is 3.23. The van der Waals surface area contributed by atoms with Crippen molar-refractivity contribution >= 4 is 23.1 Å². The van der Waals surface area contributed by atoms with E-state index in [1.165, 1.54) is 12.1 Å². The summed E-state index contributed by atoms with van der Waals surface area (Å²) in [6.45, 7) is 1.21. The molecule has 0 saturated carbocycles. The highest BCUT2D eigenvalue weighted by molar-refractivity contribution is 5.96. The summed E-state index contributed by atoms with van der Waals surface area (Å²) in [7, 11) is 0. The molecule has 0 radical (unpaired) electrons. The number of fused-ring (bicyclic) bond motifs is 1. The van der Waals surface area contributed by atoms with Gasteiger partial charge in [-0.3, -0.25) is 9.20 Å². The maximum Gasteiger partial charge on any atom is 0.387 e. The Balaban J connectivity index is 1.56. The van der Waals surface area contributed by atoms with Gasteiger partial charge in [-0.2, -0.15) is 8.78 Å². The maximum absolute atomic E-state index is 12.4. The molecule has 2 aromatic heterocycles. The molecular weight excluding hydrogens is 442 g/mol. The van der Waals surface area contributed by atoms with Crippen molar-refractivity contribution in [3.05, 3.63) is 72.2 Å². The molecule has 4 aromatic rings. The lowest BCUT2D eigenvalue weighted by molar-refractivity contribution is -0.0498. The zero-order valence-electron chi connectivity index (χ0n) is 18.6. The topological polar surface area (TPSA) is 107 Å². The first-order valence-corrected chi connectivity index (χ1v) is 10.6. The zero-order chi connectivity index (χ0) is 24.2. The van der Waals surface area contributed by atoms with Gasteiger partial charge in [0.05, 0.1) is 11.9 Å². The average molecular weight is 466 g/mol. The van der Waals surface area contributed by atoms with Crippen LogP contribution in [0.2, 0.25) is 0 Å². The number of benzene rings is 2. The minimum atomic E-state index is -2.87. The van der Waals surface area contributed by atoms with Crippen LogP contribution in [0.15, 0.2) is 61.1 Å². The van der Waals surface area contributed by atoms with Crippen molar-refractivity contribution in [1.82, 2.24) is 19.7 Å². The third-order valence-corrected chi connectivity index (χ3v) is 5.12. The van der Waals surface area contributed by atoms with E-state index in [2.05, 4.69) is 25.3 Å². The van der Waals surface area contributed by atoms with Gasteiger partial charge in [-0.05, 0) is 61.9 Å². The van der Waals surface area contributed by atoms with Gasteiger partial charge in [0.25, 0.3) is 5.91 Å². The van der Waals surface area contributed by atoms with Crippen molar-refractivity contribution in [2.45, 2.75) is 26.5 Å². The molecule has 0 bridgehead atoms. The van der Waals surface area contributed by atoms with Gasteiger partial charge in [-0.25, -0.2) is 9.97 Å². The van der Waals surface area contributed by atoms with Crippen LogP contribution < -0.4 is 21.1 Å². The summed E-state index contributed by atoms with van der Waals surface area (Å²) in [5, 5.41) is 6.06. The van der Waals surface area contributed by atoms with Crippen molar-refractivity contribution in [2.24, 2.45) is 5.73 Å². The van der Waals surface area contributed by atoms with Gasteiger partial charge in [-0.1, -0.05) is 0 Å². The quantitative estimate of drug-likeness (QED) is 0.361. The number of hydrogen-bond donors (Lipinski definition) is 3. The number of halogens is 2. The number of rotatable bonds is 8. The van der Waals surface area contributed by atoms with Crippen LogP contribution in [0.1, 0.15) is 22.8 Å². The predicted octanol–water partition coefficient (Wildman–Crippen LogP) is 4.13. The Hall–Kier alpha value is -4.05. The van der Waals surface area contributed by atoms with Crippen LogP contribution in [-0.2, 0) is 0 Å². The smallest absolute Gasteiger partial charge is 0.387 e. The summed E-state index contributed by atoms with van der Waals surface area (Å²) in [6, 6.07) is 11.6. The predicted molar refractivity (Wildman–Crippen MR) is 125 cm³/mol. The summed E-state index contributed by atoms with van der Waals surface area (Å²) in [5.41, 5.74) is 9.95. The molecule has 34 heavy (non-hydrogen) atoms. The number of alkyl halides is 2. The Morgan fingerprint density at radius 3 is 2.62 bits per heavy atom. The standard InChI is InChI=1S/C24H24F2N6O2/c1-14-11-17(5-8-19(14)23(33)30-12-15(2)27)31-21-22-29-13-20(32(22)10-9-28-21)16-3-6-18(7-4-16)34-24(25)26/h3-11,13,15,24H,12,27H2,1-2H3,(H,28,31)(H,30,33)/t15-/m0/s1. The van der Waals surface area contributed by atoms with E-state index in [9.17, 15) is 13.6 Å². The van der Waals surface area contributed by atoms with E-state index in [0.29, 0.717) is 23.6 Å². The fourth-order valence-corrected chi connectivity index (χ4v) is 3.51. The molecule has 8 nitrogen and oxygen atoms in total. The number of nitrogens with zero attached hydrogens (tertiary/aromatic N) is 3. The molecule has 0 fully saturated rings. The molecule has 2 heterocycles. The number of aromatic nitrogens is 3. The highest BCUT2D eigenvalue weighted by Crippen LogP contribution is 2.27. The van der Waals surface area contributed by atoms with E-state index in [1.807, 2.05) is 24.3 Å². The normalized spacial score (nSPS) is 12.1. The van der Waals surface area contributed by atoms with E-state index < -0.39 is 6.61 Å². The van der Waals surface area contributed by atoms with Gasteiger partial charge < -0.3 is 21.1 Å². The highest BCUT2D eigenvalue weighted by Gasteiger charge is 2.13. The van der Waals surface area contributed by atoms with E-state index in [-0.39, 0.29) is 17.7 Å². The number of hydrogen-bond acceptors (Lipinski definition) is 6. The van der Waals surface area contributed by atoms with Crippen LogP contribution in [0.4, 0.5) is 20.3 Å². The largest absolute Gasteiger partial charge is 0.435 e. The van der Waals surface area contributed by atoms with Crippen molar-refractivity contribution in [3.8, 4) is 17.0 Å². The molecule has 2 aromatic carbocycles. The minimum Gasteiger partial charge on any atom is -0.435 e. The van der Waals surface area contributed by atoms with Gasteiger partial charge in [0.1, 0.15) is 5.75 Å². The van der Waals surface area contributed by atoms with Crippen molar-refractivity contribution in [3.63, 3.8) is 0 Å². The summed E-state index contributed by atoms with van der Waals surface area (Å²) >= 11 is 0. The number of ether oxygens (including phenoxy) is 1. The van der Waals surface area contributed by atoms with Crippen LogP contribution >= 0.6 is 0 Å². The van der Waals surface area contributed by atoms with Crippen molar-refractivity contribution in [2.75, 3.05) is 11.9 Å². The molecule has 0 unspecified atom stereocenters. The molecule has 1 amide bonds. The molecule has 176 valence electrons. The Morgan fingerprint density at radius 1 is 1.18 bits per heavy atom. The molecule has 0 aliphatic rings. The number of amides is 1. The lowest BCUT2D eigenvalue weighted by atomic mass is 10.1. The van der Waals surface area contributed by atoms with Crippen molar-refractivity contribution in [1.29, 1.82) is 0 Å². The molecular formula is C24H24F2N6O2. The first kappa shape index (κ1) is 23.1. The molecule has 4 N–H and O–H groups in total. The first-order valence-electron chi connectivity index (χ1n) is 10.6. The Morgan fingerprint density at radius 2 is 1.94 bits per heavy atom. The lowest BCUT2D eigenvalue weighted by Gasteiger charge is -2.12. The summed E-state index contributed by atoms with van der Waals surface area (Å²) < 4.78 is 31.1. The van der Waals surface area contributed by atoms with Gasteiger partial charge in [0.15, 0.2) is 11.5 Å². The number of anilines is 2. The Kier molecular flexibility index (Phi) is 6.69. The number of carbonyl (C=O) groups excluding carboxylic acids is 1. The van der Waals surface area contributed by atoms with Crippen LogP contribution in [0, 0.1) is 6.92 Å². The minimum absolute atomic E-state index is 0.0848. The summed E-state index contributed by atoms with van der Waals surface area (Å²) in [5.74, 6) is 0.436. The first-order chi connectivity index (χ1) is 16.3. The van der Waals surface area contributed by atoms with E-state index in [1.54, 1.807) is 42.9 Å². The molecule has 4 rings (SSSR count). The summed E-state index contributed by atoms with van der Waals surface area (Å²) in [6.07, 6.45) is 5.09. The molecule has 0 aliphatic heterocycles. The van der Waals surface area contributed by atoms with Crippen LogP contribution in [0.5, 0.6) is 5.75 Å². The second-order valence-electron chi connectivity index (χ2n) is 7.86. The van der Waals surface area contributed by atoms with E-state index >= 15 is 0 Å². The number of imidazole rings is 1. The third kappa shape index (κ3) is 5.12. The number of aryl methyl sites for hydroxylation is 1. The SMILES string of the molecule is Cc1cc(Nc2nccn3c(-c4ccc(OC(F)F)cc4)cnc23)ccc1C(=O)NC[C@H](C)N. The van der Waals surface area contributed by atoms with Gasteiger partial charge in [0.2, 0.25) is 0 Å². The van der Waals surface area contributed by atoms with Crippen molar-refractivity contribution < 1.29 is 18.3 Å². The van der Waals surface area contributed by atoms with E-state index in [0.717, 1.165) is 22.5 Å². The summed E-state index contributed by atoms with van der Waals surface area (Å²) in [4.78, 5) is 21.3. The Labute approximate surface area is 194 Å². The fourth-order valence-electron chi connectivity index (χ4n) is 3.51. The van der Waals surface area contributed by atoms with Crippen LogP contribution in [-0.4, -0.2) is 39.5 Å². The molecule has 0 aliphatic carbocycles. The van der Waals surface area contributed by atoms with Gasteiger partial charge >= 0.3 is 6.61 Å². The number of nitrogens with two attached hydrogens (primary N) is 1. The van der Waals surface area contributed by atoms with Gasteiger partial charge in [0, 0.05) is 41.8 Å². The second-order valence-corrected chi connectivity index (χ2v) is 7.86. The fraction of sp³-hybridized carbons (Fsp3) is 0.208. The monoisotopic (exact) mass is 466 g/mol. The number of carbonyl (C=O) groups is 1. The Bertz CT molecular complexity index is 1300. The number of nitrogens with one attached hydrogen (secondary N) is 2. The molecule has 0 spiro atoms. The third-order valence-electron chi connectivity index (χ3n) is 5.12. The van der Waals surface area contributed by atoms with Gasteiger partial charge in [-0.15, -0.1) is 0 Å². The molecule has 0 saturated heterocycles. The zero-order valence-corrected chi connectivity index (χ0v) is 18.6.